The molecule has 0 bridgehead atoms. The summed E-state index contributed by atoms with van der Waals surface area (Å²) in [5, 5.41) is 0. The Hall–Kier alpha value is 1.34. The Morgan fingerprint density at radius 3 is 1.13 bits per heavy atom. The van der Waals surface area contributed by atoms with E-state index in [0.29, 0.717) is 7.92 Å². The average molecular weight is 339 g/mol. The molecule has 0 aromatic rings. The number of hydrogen-bond acceptors (Lipinski definition) is 0. The maximum Gasteiger partial charge on any atom is 2.00 e. The first-order valence-electron chi connectivity index (χ1n) is 6.07. The van der Waals surface area contributed by atoms with Crippen molar-refractivity contribution in [3.8, 4) is 0 Å². The first kappa shape index (κ1) is 21.6. The van der Waals surface area contributed by atoms with Crippen LogP contribution in [0.25, 0.3) is 0 Å². The standard InChI is InChI=1S/C12H27P.ClH.Ru/c1-4-7-10-13(11-8-5-2)12-9-6-3;;/h4-12H2,1-3H3;1H;/q;;+2/p-1. The van der Waals surface area contributed by atoms with Crippen LogP contribution in [0.5, 0.6) is 0 Å². The topological polar surface area (TPSA) is 0 Å². The van der Waals surface area contributed by atoms with E-state index in [9.17, 15) is 0 Å². The molecule has 3 heteroatoms. The van der Waals surface area contributed by atoms with Crippen LogP contribution in [0.4, 0.5) is 0 Å². The molecule has 0 amide bonds. The van der Waals surface area contributed by atoms with Crippen molar-refractivity contribution in [1.29, 1.82) is 0 Å². The molecule has 0 fully saturated rings. The van der Waals surface area contributed by atoms with Crippen molar-refractivity contribution in [3.63, 3.8) is 0 Å². The van der Waals surface area contributed by atoms with Gasteiger partial charge >= 0.3 is 19.5 Å². The van der Waals surface area contributed by atoms with Crippen LogP contribution in [-0.4, -0.2) is 18.5 Å². The van der Waals surface area contributed by atoms with E-state index < -0.39 is 0 Å². The maximum atomic E-state index is 2.31. The van der Waals surface area contributed by atoms with Crippen LogP contribution in [0.15, 0.2) is 0 Å². The molecule has 0 unspecified atom stereocenters. The zero-order valence-corrected chi connectivity index (χ0v) is 13.9. The van der Waals surface area contributed by atoms with Crippen LogP contribution in [0.3, 0.4) is 0 Å². The van der Waals surface area contributed by atoms with Gasteiger partial charge in [0.1, 0.15) is 0 Å². The predicted octanol–water partition coefficient (Wildman–Crippen LogP) is 1.87. The summed E-state index contributed by atoms with van der Waals surface area (Å²) in [6.45, 7) is 6.94. The molecule has 0 nitrogen and oxygen atoms in total. The third-order valence-electron chi connectivity index (χ3n) is 2.48. The Balaban J connectivity index is -0.000000720. The Bertz CT molecular complexity index is 82.6. The summed E-state index contributed by atoms with van der Waals surface area (Å²) >= 11 is 0. The van der Waals surface area contributed by atoms with E-state index in [1.165, 1.54) is 38.5 Å². The number of hydrogen-bond donors (Lipinski definition) is 0. The predicted molar refractivity (Wildman–Crippen MR) is 66.2 cm³/mol. The monoisotopic (exact) mass is 339 g/mol. The van der Waals surface area contributed by atoms with E-state index in [2.05, 4.69) is 20.8 Å². The minimum Gasteiger partial charge on any atom is -1.00 e. The van der Waals surface area contributed by atoms with Crippen LogP contribution in [0.2, 0.25) is 0 Å². The summed E-state index contributed by atoms with van der Waals surface area (Å²) in [6, 6.07) is 0. The van der Waals surface area contributed by atoms with Crippen LogP contribution in [0.1, 0.15) is 59.3 Å². The average Bonchev–Trinajstić information content (AvgIpc) is 2.17. The van der Waals surface area contributed by atoms with E-state index >= 15 is 0 Å². The van der Waals surface area contributed by atoms with Gasteiger partial charge in [-0.1, -0.05) is 40.0 Å². The van der Waals surface area contributed by atoms with Gasteiger partial charge in [0.15, 0.2) is 0 Å². The minimum atomic E-state index is 0. The van der Waals surface area contributed by atoms with E-state index in [0.717, 1.165) is 0 Å². The smallest absolute Gasteiger partial charge is 1.00 e. The quantitative estimate of drug-likeness (QED) is 0.445. The van der Waals surface area contributed by atoms with Crippen LogP contribution < -0.4 is 12.4 Å². The molecule has 0 rings (SSSR count). The van der Waals surface area contributed by atoms with Gasteiger partial charge in [-0.3, -0.25) is 0 Å². The van der Waals surface area contributed by atoms with Gasteiger partial charge in [-0.25, -0.2) is 0 Å². The molecule has 0 saturated heterocycles. The number of unbranched alkanes of at least 4 members (excludes halogenated alkanes) is 3. The Kier molecular flexibility index (Phi) is 25.5. The normalized spacial score (nSPS) is 9.60. The molecule has 0 aliphatic rings. The van der Waals surface area contributed by atoms with Gasteiger partial charge in [-0.15, -0.1) is 7.92 Å². The first-order valence-corrected chi connectivity index (χ1v) is 7.97. The summed E-state index contributed by atoms with van der Waals surface area (Å²) in [5.41, 5.74) is 0. The van der Waals surface area contributed by atoms with Crippen LogP contribution >= 0.6 is 7.92 Å². The molecule has 15 heavy (non-hydrogen) atoms. The van der Waals surface area contributed by atoms with Gasteiger partial charge in [0.2, 0.25) is 0 Å². The molecule has 0 radical (unpaired) electrons. The van der Waals surface area contributed by atoms with Gasteiger partial charge < -0.3 is 12.4 Å². The summed E-state index contributed by atoms with van der Waals surface area (Å²) in [4.78, 5) is 0. The van der Waals surface area contributed by atoms with Crippen molar-refractivity contribution in [3.05, 3.63) is 0 Å². The molecule has 94 valence electrons. The third kappa shape index (κ3) is 15.3. The summed E-state index contributed by atoms with van der Waals surface area (Å²) in [6.07, 6.45) is 13.2. The van der Waals surface area contributed by atoms with Crippen LogP contribution in [0, 0.1) is 0 Å². The fourth-order valence-electron chi connectivity index (χ4n) is 1.48. The van der Waals surface area contributed by atoms with E-state index in [-0.39, 0.29) is 31.9 Å². The molecule has 0 aliphatic heterocycles. The Morgan fingerprint density at radius 2 is 0.933 bits per heavy atom. The van der Waals surface area contributed by atoms with Gasteiger partial charge in [-0.2, -0.15) is 0 Å². The molecule has 0 N–H and O–H groups in total. The largest absolute Gasteiger partial charge is 2.00 e. The second-order valence-electron chi connectivity index (χ2n) is 3.90. The maximum absolute atomic E-state index is 2.31. The molecule has 0 atom stereocenters. The Morgan fingerprint density at radius 1 is 0.667 bits per heavy atom. The second kappa shape index (κ2) is 17.7. The molecule has 0 saturated carbocycles. The summed E-state index contributed by atoms with van der Waals surface area (Å²) in [7, 11) is 0.422. The zero-order valence-electron chi connectivity index (χ0n) is 10.5. The molecule has 0 heterocycles. The van der Waals surface area contributed by atoms with Crippen LogP contribution in [-0.2, 0) is 19.5 Å². The molecule has 0 spiro atoms. The molecular weight excluding hydrogens is 312 g/mol. The van der Waals surface area contributed by atoms with Gasteiger partial charge in [0.25, 0.3) is 0 Å². The first-order chi connectivity index (χ1) is 6.35. The molecule has 0 aromatic heterocycles. The van der Waals surface area contributed by atoms with Gasteiger partial charge in [0.05, 0.1) is 0 Å². The van der Waals surface area contributed by atoms with Crippen molar-refractivity contribution in [1.82, 2.24) is 0 Å². The van der Waals surface area contributed by atoms with Crippen molar-refractivity contribution in [2.24, 2.45) is 0 Å². The Labute approximate surface area is 117 Å². The molecule has 0 aliphatic carbocycles. The SMILES string of the molecule is CCCCP(CCCC)CCCC.[Cl-].[Ru+2]. The zero-order chi connectivity index (χ0) is 9.94. The summed E-state index contributed by atoms with van der Waals surface area (Å²) < 4.78 is 0. The third-order valence-corrected chi connectivity index (χ3v) is 5.33. The van der Waals surface area contributed by atoms with E-state index in [4.69, 9.17) is 0 Å². The van der Waals surface area contributed by atoms with Gasteiger partial charge in [0, 0.05) is 0 Å². The summed E-state index contributed by atoms with van der Waals surface area (Å²) in [5.74, 6) is 0. The molecule has 0 aromatic carbocycles. The van der Waals surface area contributed by atoms with Crippen molar-refractivity contribution in [2.45, 2.75) is 59.3 Å². The molecular formula is C12H27ClPRu+. The second-order valence-corrected chi connectivity index (χ2v) is 6.59. The number of halogens is 1. The fraction of sp³-hybridized carbons (Fsp3) is 1.00. The fourth-order valence-corrected chi connectivity index (χ4v) is 4.44. The van der Waals surface area contributed by atoms with E-state index in [1.54, 1.807) is 18.5 Å². The van der Waals surface area contributed by atoms with Crippen molar-refractivity contribution < 1.29 is 31.9 Å². The van der Waals surface area contributed by atoms with E-state index in [1.807, 2.05) is 0 Å². The van der Waals surface area contributed by atoms with Crippen molar-refractivity contribution in [2.75, 3.05) is 18.5 Å². The van der Waals surface area contributed by atoms with Crippen molar-refractivity contribution >= 4 is 7.92 Å². The minimum absolute atomic E-state index is 0. The van der Waals surface area contributed by atoms with Gasteiger partial charge in [-0.05, 0) is 37.7 Å². The number of rotatable bonds is 9.